The molecule has 2 N–H and O–H groups in total. The van der Waals surface area contributed by atoms with Crippen molar-refractivity contribution in [1.82, 2.24) is 4.90 Å². The molecule has 10 nitrogen and oxygen atoms in total. The maximum Gasteiger partial charge on any atom is 0.370 e. The van der Waals surface area contributed by atoms with Gasteiger partial charge in [-0.05, 0) is 24.6 Å². The van der Waals surface area contributed by atoms with Gasteiger partial charge in [0.15, 0.2) is 0 Å². The van der Waals surface area contributed by atoms with Crippen LogP contribution in [0.5, 0.6) is 5.75 Å². The van der Waals surface area contributed by atoms with Gasteiger partial charge in [0.25, 0.3) is 5.69 Å². The van der Waals surface area contributed by atoms with E-state index in [9.17, 15) is 18.5 Å². The van der Waals surface area contributed by atoms with E-state index >= 15 is 0 Å². The number of hydrogen-bond acceptors (Lipinski definition) is 7. The summed E-state index contributed by atoms with van der Waals surface area (Å²) in [4.78, 5) is 11.5. The average Bonchev–Trinajstić information content (AvgIpc) is 2.60. The highest BCUT2D eigenvalue weighted by atomic mass is 32.2. The van der Waals surface area contributed by atoms with Gasteiger partial charge in [0.05, 0.1) is 11.5 Å². The van der Waals surface area contributed by atoms with Crippen LogP contribution >= 0.6 is 0 Å². The number of guanidine groups is 1. The fourth-order valence-corrected chi connectivity index (χ4v) is 2.98. The van der Waals surface area contributed by atoms with Gasteiger partial charge in [0, 0.05) is 12.1 Å². The van der Waals surface area contributed by atoms with E-state index in [1.54, 1.807) is 24.3 Å². The standard InChI is InChI=1S/C16H15N5O5S/c1-11-2-8-14(9-3-11)26-16-19-27(24,25)18-15(17)20(16)10-12-4-6-13(7-5-12)21(22)23/h2-9H,10H2,1H3,(H2,17,18). The smallest absolute Gasteiger partial charge is 0.370 e. The third kappa shape index (κ3) is 4.39. The second kappa shape index (κ2) is 7.03. The van der Waals surface area contributed by atoms with Crippen LogP contribution < -0.4 is 10.5 Å². The molecule has 0 saturated heterocycles. The minimum atomic E-state index is -4.16. The van der Waals surface area contributed by atoms with Crippen LogP contribution in [0.2, 0.25) is 0 Å². The summed E-state index contributed by atoms with van der Waals surface area (Å²) in [6, 6.07) is 12.4. The molecule has 0 bridgehead atoms. The van der Waals surface area contributed by atoms with E-state index in [1.807, 2.05) is 6.92 Å². The van der Waals surface area contributed by atoms with Crippen molar-refractivity contribution in [3.05, 3.63) is 69.8 Å². The molecule has 1 aliphatic heterocycles. The van der Waals surface area contributed by atoms with Crippen molar-refractivity contribution in [2.24, 2.45) is 14.5 Å². The molecule has 1 heterocycles. The van der Waals surface area contributed by atoms with Gasteiger partial charge < -0.3 is 10.5 Å². The van der Waals surface area contributed by atoms with E-state index in [0.29, 0.717) is 11.3 Å². The number of nitrogens with zero attached hydrogens (tertiary/aromatic N) is 4. The molecule has 0 spiro atoms. The fraction of sp³-hybridized carbons (Fsp3) is 0.125. The number of aryl methyl sites for hydroxylation is 1. The molecule has 3 rings (SSSR count). The lowest BCUT2D eigenvalue weighted by Gasteiger charge is -2.26. The SMILES string of the molecule is Cc1ccc(OC2=NS(=O)(=O)N=C(N)N2Cc2ccc([N+](=O)[O-])cc2)cc1. The summed E-state index contributed by atoms with van der Waals surface area (Å²) in [5.41, 5.74) is 7.34. The summed E-state index contributed by atoms with van der Waals surface area (Å²) in [6.07, 6.45) is 0. The first kappa shape index (κ1) is 18.3. The zero-order chi connectivity index (χ0) is 19.6. The highest BCUT2D eigenvalue weighted by Crippen LogP contribution is 2.19. The molecule has 140 valence electrons. The summed E-state index contributed by atoms with van der Waals surface area (Å²) in [7, 11) is -4.16. The Kier molecular flexibility index (Phi) is 4.77. The Morgan fingerprint density at radius 1 is 1.11 bits per heavy atom. The Bertz CT molecular complexity index is 1030. The Balaban J connectivity index is 1.89. The van der Waals surface area contributed by atoms with Gasteiger partial charge in [0.1, 0.15) is 5.75 Å². The first-order valence-corrected chi connectivity index (χ1v) is 9.09. The van der Waals surface area contributed by atoms with Gasteiger partial charge in [-0.3, -0.25) is 15.0 Å². The minimum Gasteiger partial charge on any atom is -0.425 e. The Hall–Kier alpha value is -3.47. The summed E-state index contributed by atoms with van der Waals surface area (Å²) in [5.74, 6) is 0.0587. The number of hydrogen-bond donors (Lipinski definition) is 1. The van der Waals surface area contributed by atoms with Crippen LogP contribution in [-0.2, 0) is 16.8 Å². The number of nitro benzene ring substituents is 1. The topological polar surface area (TPSA) is 140 Å². The van der Waals surface area contributed by atoms with E-state index < -0.39 is 15.1 Å². The van der Waals surface area contributed by atoms with Crippen LogP contribution in [-0.4, -0.2) is 30.2 Å². The zero-order valence-corrected chi connectivity index (χ0v) is 15.0. The van der Waals surface area contributed by atoms with Crippen LogP contribution in [0.3, 0.4) is 0 Å². The average molecular weight is 389 g/mol. The van der Waals surface area contributed by atoms with Crippen LogP contribution in [0, 0.1) is 17.0 Å². The van der Waals surface area contributed by atoms with Crippen molar-refractivity contribution >= 4 is 27.9 Å². The number of nitrogens with two attached hydrogens (primary N) is 1. The molecule has 0 amide bonds. The van der Waals surface area contributed by atoms with Gasteiger partial charge in [-0.2, -0.15) is 8.42 Å². The van der Waals surface area contributed by atoms with E-state index in [0.717, 1.165) is 5.56 Å². The van der Waals surface area contributed by atoms with Crippen LogP contribution in [0.4, 0.5) is 5.69 Å². The van der Waals surface area contributed by atoms with E-state index in [2.05, 4.69) is 8.80 Å². The fourth-order valence-electron chi connectivity index (χ4n) is 2.27. The third-order valence-electron chi connectivity index (χ3n) is 3.63. The minimum absolute atomic E-state index is 0.0630. The molecule has 0 aromatic heterocycles. The van der Waals surface area contributed by atoms with Gasteiger partial charge in [0.2, 0.25) is 5.96 Å². The molecular weight excluding hydrogens is 374 g/mol. The number of nitro groups is 1. The zero-order valence-electron chi connectivity index (χ0n) is 14.1. The highest BCUT2D eigenvalue weighted by Gasteiger charge is 2.28. The Morgan fingerprint density at radius 3 is 2.33 bits per heavy atom. The van der Waals surface area contributed by atoms with Crippen LogP contribution in [0.1, 0.15) is 11.1 Å². The number of non-ortho nitro benzene ring substituents is 1. The molecule has 27 heavy (non-hydrogen) atoms. The summed E-state index contributed by atoms with van der Waals surface area (Å²) in [5, 5.41) is 10.8. The van der Waals surface area contributed by atoms with Crippen molar-refractivity contribution < 1.29 is 18.1 Å². The quantitative estimate of drug-likeness (QED) is 0.620. The summed E-state index contributed by atoms with van der Waals surface area (Å²) < 4.78 is 36.1. The second-order valence-electron chi connectivity index (χ2n) is 5.70. The van der Waals surface area contributed by atoms with Crippen molar-refractivity contribution in [3.8, 4) is 5.75 Å². The van der Waals surface area contributed by atoms with E-state index in [4.69, 9.17) is 10.5 Å². The molecule has 2 aromatic rings. The second-order valence-corrected chi connectivity index (χ2v) is 6.96. The maximum absolute atomic E-state index is 11.8. The maximum atomic E-state index is 11.8. The molecule has 0 saturated carbocycles. The van der Waals surface area contributed by atoms with Crippen molar-refractivity contribution in [3.63, 3.8) is 0 Å². The predicted molar refractivity (Wildman–Crippen MR) is 98.4 cm³/mol. The third-order valence-corrected chi connectivity index (χ3v) is 4.43. The molecule has 2 aromatic carbocycles. The van der Waals surface area contributed by atoms with Crippen LogP contribution in [0.25, 0.3) is 0 Å². The van der Waals surface area contributed by atoms with Gasteiger partial charge >= 0.3 is 16.2 Å². The highest BCUT2D eigenvalue weighted by molar-refractivity contribution is 7.89. The lowest BCUT2D eigenvalue weighted by atomic mass is 10.2. The molecule has 0 fully saturated rings. The normalized spacial score (nSPS) is 15.7. The monoisotopic (exact) mass is 389 g/mol. The first-order valence-electron chi connectivity index (χ1n) is 7.69. The number of ether oxygens (including phenoxy) is 1. The van der Waals surface area contributed by atoms with Crippen molar-refractivity contribution in [1.29, 1.82) is 0 Å². The summed E-state index contributed by atoms with van der Waals surface area (Å²) >= 11 is 0. The van der Waals surface area contributed by atoms with E-state index in [-0.39, 0.29) is 24.2 Å². The Labute approximate surface area is 154 Å². The lowest BCUT2D eigenvalue weighted by molar-refractivity contribution is -0.384. The van der Waals surface area contributed by atoms with Gasteiger partial charge in [-0.15, -0.1) is 4.40 Å². The van der Waals surface area contributed by atoms with Gasteiger partial charge in [-0.25, -0.2) is 0 Å². The van der Waals surface area contributed by atoms with E-state index in [1.165, 1.54) is 29.2 Å². The van der Waals surface area contributed by atoms with Crippen molar-refractivity contribution in [2.75, 3.05) is 0 Å². The number of amidine groups is 1. The molecule has 0 radical (unpaired) electrons. The number of rotatable bonds is 4. The Morgan fingerprint density at radius 2 is 1.74 bits per heavy atom. The first-order chi connectivity index (χ1) is 12.7. The molecule has 1 aliphatic rings. The molecule has 0 aliphatic carbocycles. The van der Waals surface area contributed by atoms with Crippen LogP contribution in [0.15, 0.2) is 57.3 Å². The van der Waals surface area contributed by atoms with Gasteiger partial charge in [-0.1, -0.05) is 34.2 Å². The predicted octanol–water partition coefficient (Wildman–Crippen LogP) is 1.71. The molecule has 0 atom stereocenters. The lowest BCUT2D eigenvalue weighted by Crippen LogP contribution is -2.46. The van der Waals surface area contributed by atoms with Crippen molar-refractivity contribution in [2.45, 2.75) is 13.5 Å². The molecule has 0 unspecified atom stereocenters. The number of benzene rings is 2. The summed E-state index contributed by atoms with van der Waals surface area (Å²) in [6.45, 7) is 1.96. The largest absolute Gasteiger partial charge is 0.425 e. The molecule has 11 heteroatoms. The molecular formula is C16H15N5O5S.